The zero-order valence-corrected chi connectivity index (χ0v) is 29.9. The minimum absolute atomic E-state index is 0.464. The molecule has 6 aromatic carbocycles. The Morgan fingerprint density at radius 3 is 2.13 bits per heavy atom. The molecule has 3 aliphatic carbocycles. The Labute approximate surface area is 310 Å². The van der Waals surface area contributed by atoms with Crippen molar-refractivity contribution in [1.29, 1.82) is 0 Å². The van der Waals surface area contributed by atoms with E-state index in [1.54, 1.807) is 0 Å². The highest BCUT2D eigenvalue weighted by Crippen LogP contribution is 2.44. The van der Waals surface area contributed by atoms with E-state index in [-0.39, 0.29) is 0 Å². The van der Waals surface area contributed by atoms with E-state index in [4.69, 9.17) is 0 Å². The van der Waals surface area contributed by atoms with E-state index in [9.17, 15) is 0 Å². The van der Waals surface area contributed by atoms with E-state index in [2.05, 4.69) is 181 Å². The van der Waals surface area contributed by atoms with Crippen molar-refractivity contribution in [1.82, 2.24) is 0 Å². The lowest BCUT2D eigenvalue weighted by molar-refractivity contribution is 0.505. The molecule has 7 aromatic rings. The van der Waals surface area contributed by atoms with Crippen molar-refractivity contribution in [3.05, 3.63) is 186 Å². The van der Waals surface area contributed by atoms with Crippen molar-refractivity contribution >= 4 is 60.9 Å². The van der Waals surface area contributed by atoms with E-state index in [0.717, 1.165) is 36.3 Å². The van der Waals surface area contributed by atoms with Crippen LogP contribution >= 0.6 is 11.3 Å². The molecule has 2 heteroatoms. The molecule has 0 saturated heterocycles. The fourth-order valence-electron chi connectivity index (χ4n) is 8.56. The van der Waals surface area contributed by atoms with Crippen LogP contribution in [0.15, 0.2) is 170 Å². The number of hydrogen-bond donors (Lipinski definition) is 0. The molecule has 0 amide bonds. The van der Waals surface area contributed by atoms with Gasteiger partial charge in [-0.15, -0.1) is 11.3 Å². The second kappa shape index (κ2) is 13.1. The number of allylic oxidation sites excluding steroid dienone is 7. The number of nitrogens with zero attached hydrogens (tertiary/aromatic N) is 1. The van der Waals surface area contributed by atoms with Crippen LogP contribution in [0.2, 0.25) is 0 Å². The first kappa shape index (κ1) is 31.1. The first-order chi connectivity index (χ1) is 25.8. The number of thiophene rings is 1. The molecule has 0 fully saturated rings. The molecule has 52 heavy (non-hydrogen) atoms. The summed E-state index contributed by atoms with van der Waals surface area (Å²) in [6, 6.07) is 49.6. The molecule has 0 spiro atoms. The van der Waals surface area contributed by atoms with Crippen molar-refractivity contribution < 1.29 is 0 Å². The summed E-state index contributed by atoms with van der Waals surface area (Å²) in [5.41, 5.74) is 12.7. The third-order valence-electron chi connectivity index (χ3n) is 11.2. The predicted octanol–water partition coefficient (Wildman–Crippen LogP) is 14.4. The lowest BCUT2D eigenvalue weighted by Gasteiger charge is -2.31. The maximum Gasteiger partial charge on any atom is 0.0468 e. The van der Waals surface area contributed by atoms with E-state index in [1.165, 1.54) is 71.1 Å². The van der Waals surface area contributed by atoms with E-state index in [0.29, 0.717) is 11.8 Å². The van der Waals surface area contributed by atoms with Crippen LogP contribution in [0.1, 0.15) is 35.3 Å². The van der Waals surface area contributed by atoms with Crippen molar-refractivity contribution in [2.45, 2.75) is 25.7 Å². The molecule has 0 aliphatic heterocycles. The SMILES string of the molecule is C1=CC2CCC=C(c3ccc(N(c4ccc(-c5ccccc5)cc4)c4ccc5cc(-c6cccc7c8c(sc67)CCC=C8)ccc5c4)cc3)C2C=C1. The van der Waals surface area contributed by atoms with Gasteiger partial charge >= 0.3 is 0 Å². The molecule has 2 atom stereocenters. The van der Waals surface area contributed by atoms with Gasteiger partial charge in [0.25, 0.3) is 0 Å². The number of anilines is 3. The molecule has 1 heterocycles. The molecule has 3 aliphatic rings. The maximum absolute atomic E-state index is 2.46. The summed E-state index contributed by atoms with van der Waals surface area (Å²) >= 11 is 1.98. The Kier molecular flexibility index (Phi) is 7.84. The fourth-order valence-corrected chi connectivity index (χ4v) is 9.90. The molecule has 0 radical (unpaired) electrons. The summed E-state index contributed by atoms with van der Waals surface area (Å²) in [5.74, 6) is 1.06. The summed E-state index contributed by atoms with van der Waals surface area (Å²) in [4.78, 5) is 3.92. The highest BCUT2D eigenvalue weighted by Gasteiger charge is 2.26. The Morgan fingerprint density at radius 1 is 0.577 bits per heavy atom. The van der Waals surface area contributed by atoms with Gasteiger partial charge in [-0.1, -0.05) is 134 Å². The van der Waals surface area contributed by atoms with E-state index in [1.807, 2.05) is 11.3 Å². The molecule has 1 nitrogen and oxygen atoms in total. The highest BCUT2D eigenvalue weighted by atomic mass is 32.1. The second-order valence-corrected chi connectivity index (χ2v) is 15.4. The molecular formula is C50H39NS. The number of benzene rings is 6. The van der Waals surface area contributed by atoms with Gasteiger partial charge in [-0.05, 0) is 124 Å². The third-order valence-corrected chi connectivity index (χ3v) is 12.5. The van der Waals surface area contributed by atoms with Gasteiger partial charge < -0.3 is 4.90 Å². The smallest absolute Gasteiger partial charge is 0.0468 e. The van der Waals surface area contributed by atoms with Crippen LogP contribution in [0, 0.1) is 11.8 Å². The first-order valence-corrected chi connectivity index (χ1v) is 19.4. The van der Waals surface area contributed by atoms with Gasteiger partial charge in [0.2, 0.25) is 0 Å². The molecule has 1 aromatic heterocycles. The average Bonchev–Trinajstić information content (AvgIpc) is 3.60. The normalized spacial score (nSPS) is 17.6. The van der Waals surface area contributed by atoms with Crippen LogP contribution in [-0.4, -0.2) is 0 Å². The molecule has 0 saturated carbocycles. The van der Waals surface area contributed by atoms with Gasteiger partial charge in [0, 0.05) is 37.9 Å². The molecule has 2 unspecified atom stereocenters. The summed E-state index contributed by atoms with van der Waals surface area (Å²) < 4.78 is 1.40. The van der Waals surface area contributed by atoms with Crippen LogP contribution < -0.4 is 4.90 Å². The zero-order chi connectivity index (χ0) is 34.4. The topological polar surface area (TPSA) is 3.24 Å². The van der Waals surface area contributed by atoms with Crippen LogP contribution in [-0.2, 0) is 6.42 Å². The van der Waals surface area contributed by atoms with Crippen LogP contribution in [0.25, 0.3) is 54.8 Å². The quantitative estimate of drug-likeness (QED) is 0.168. The van der Waals surface area contributed by atoms with Gasteiger partial charge in [0.1, 0.15) is 0 Å². The van der Waals surface area contributed by atoms with Crippen LogP contribution in [0.3, 0.4) is 0 Å². The second-order valence-electron chi connectivity index (χ2n) is 14.3. The standard InChI is InChI=1S/C50H39NS/c1-2-10-34(11-3-1)35-22-27-41(28-23-35)51(42-29-24-37(25-30-42)45-16-8-13-36-12-4-5-14-44(36)45)43-31-26-38-32-40(21-20-39(38)33-43)46-17-9-18-48-47-15-6-7-19-49(47)52-50(46)48/h1-6,9-12,14-18,20-33,36,44H,7-8,13,19H2. The fraction of sp³-hybridized carbons (Fsp3) is 0.120. The predicted molar refractivity (Wildman–Crippen MR) is 225 cm³/mol. The Hall–Kier alpha value is -5.70. The van der Waals surface area contributed by atoms with Crippen LogP contribution in [0.5, 0.6) is 0 Å². The number of aryl methyl sites for hydroxylation is 1. The molecular weight excluding hydrogens is 647 g/mol. The van der Waals surface area contributed by atoms with Crippen molar-refractivity contribution in [2.75, 3.05) is 4.90 Å². The lowest BCUT2D eigenvalue weighted by Crippen LogP contribution is -2.18. The average molecular weight is 686 g/mol. The number of hydrogen-bond acceptors (Lipinski definition) is 2. The van der Waals surface area contributed by atoms with Gasteiger partial charge in [0.15, 0.2) is 0 Å². The first-order valence-electron chi connectivity index (χ1n) is 18.6. The van der Waals surface area contributed by atoms with Gasteiger partial charge in [0.05, 0.1) is 0 Å². The van der Waals surface area contributed by atoms with Crippen molar-refractivity contribution in [3.8, 4) is 22.3 Å². The monoisotopic (exact) mass is 685 g/mol. The van der Waals surface area contributed by atoms with Crippen molar-refractivity contribution in [3.63, 3.8) is 0 Å². The Morgan fingerprint density at radius 2 is 1.29 bits per heavy atom. The summed E-state index contributed by atoms with van der Waals surface area (Å²) in [7, 11) is 0. The molecule has 10 rings (SSSR count). The van der Waals surface area contributed by atoms with E-state index >= 15 is 0 Å². The van der Waals surface area contributed by atoms with E-state index < -0.39 is 0 Å². The number of rotatable bonds is 6. The minimum atomic E-state index is 0.464. The van der Waals surface area contributed by atoms with Crippen LogP contribution in [0.4, 0.5) is 17.1 Å². The zero-order valence-electron chi connectivity index (χ0n) is 29.1. The van der Waals surface area contributed by atoms with Gasteiger partial charge in [-0.2, -0.15) is 0 Å². The largest absolute Gasteiger partial charge is 0.310 e. The third kappa shape index (κ3) is 5.55. The molecule has 0 bridgehead atoms. The van der Waals surface area contributed by atoms with Gasteiger partial charge in [-0.3, -0.25) is 0 Å². The minimum Gasteiger partial charge on any atom is -0.310 e. The summed E-state index contributed by atoms with van der Waals surface area (Å²) in [6.45, 7) is 0. The lowest BCUT2D eigenvalue weighted by atomic mass is 9.74. The Balaban J connectivity index is 1.03. The summed E-state index contributed by atoms with van der Waals surface area (Å²) in [6.07, 6.45) is 21.0. The number of fused-ring (bicyclic) bond motifs is 5. The summed E-state index contributed by atoms with van der Waals surface area (Å²) in [5, 5.41) is 3.87. The van der Waals surface area contributed by atoms with Crippen molar-refractivity contribution in [2.24, 2.45) is 11.8 Å². The molecule has 250 valence electrons. The Bertz CT molecular complexity index is 2560. The highest BCUT2D eigenvalue weighted by molar-refractivity contribution is 7.20. The van der Waals surface area contributed by atoms with Gasteiger partial charge in [-0.25, -0.2) is 0 Å². The maximum atomic E-state index is 2.46. The molecule has 0 N–H and O–H groups in total.